The van der Waals surface area contributed by atoms with E-state index in [2.05, 4.69) is 0 Å². The molecular weight excluding hydrogens is 312 g/mol. The quantitative estimate of drug-likeness (QED) is 0.370. The molecule has 1 aromatic rings. The van der Waals surface area contributed by atoms with E-state index in [1.807, 2.05) is 19.9 Å². The molecule has 134 valence electrons. The van der Waals surface area contributed by atoms with Crippen molar-refractivity contribution in [2.75, 3.05) is 34.9 Å². The van der Waals surface area contributed by atoms with E-state index in [0.29, 0.717) is 29.2 Å². The molecule has 1 aromatic carbocycles. The smallest absolute Gasteiger partial charge is 0.188 e. The van der Waals surface area contributed by atoms with E-state index in [-0.39, 0.29) is 19.4 Å². The Hall–Kier alpha value is -2.05. The lowest BCUT2D eigenvalue weighted by molar-refractivity contribution is 0.0440. The predicted octanol–water partition coefficient (Wildman–Crippen LogP) is 3.37. The highest BCUT2D eigenvalue weighted by Crippen LogP contribution is 2.40. The van der Waals surface area contributed by atoms with Crippen LogP contribution in [0.4, 0.5) is 0 Å². The Morgan fingerprint density at radius 1 is 1.00 bits per heavy atom. The van der Waals surface area contributed by atoms with Crippen molar-refractivity contribution in [2.45, 2.75) is 27.2 Å². The van der Waals surface area contributed by atoms with Crippen LogP contribution in [0, 0.1) is 0 Å². The summed E-state index contributed by atoms with van der Waals surface area (Å²) in [4.78, 5) is 12.1. The lowest BCUT2D eigenvalue weighted by atomic mass is 10.00. The molecule has 0 atom stereocenters. The van der Waals surface area contributed by atoms with Crippen LogP contribution in [0.1, 0.15) is 36.7 Å². The van der Waals surface area contributed by atoms with Crippen LogP contribution in [-0.2, 0) is 15.9 Å². The Morgan fingerprint density at radius 2 is 1.62 bits per heavy atom. The summed E-state index contributed by atoms with van der Waals surface area (Å²) in [6.45, 7) is 5.56. The van der Waals surface area contributed by atoms with Gasteiger partial charge in [-0.05, 0) is 27.2 Å². The second-order valence-electron chi connectivity index (χ2n) is 5.40. The van der Waals surface area contributed by atoms with Gasteiger partial charge >= 0.3 is 0 Å². The van der Waals surface area contributed by atoms with Gasteiger partial charge in [-0.2, -0.15) is 0 Å². The maximum atomic E-state index is 12.1. The number of ether oxygens (including phenoxy) is 5. The van der Waals surface area contributed by atoms with Gasteiger partial charge in [0.25, 0.3) is 0 Å². The third-order valence-corrected chi connectivity index (χ3v) is 3.25. The Kier molecular flexibility index (Phi) is 8.29. The van der Waals surface area contributed by atoms with Gasteiger partial charge in [-0.3, -0.25) is 4.79 Å². The first-order chi connectivity index (χ1) is 11.5. The minimum Gasteiger partial charge on any atom is -0.496 e. The van der Waals surface area contributed by atoms with Crippen molar-refractivity contribution in [3.8, 4) is 17.2 Å². The molecule has 0 bridgehead atoms. The van der Waals surface area contributed by atoms with Crippen molar-refractivity contribution in [3.63, 3.8) is 0 Å². The molecule has 0 heterocycles. The second-order valence-corrected chi connectivity index (χ2v) is 5.40. The standard InChI is InChI=1S/C18H26O6/c1-12(2)7-8-14-15(23-10-20-4)9-16(22-6)17(13(3)19)18(14)24-11-21-5/h7,9H,8,10-11H2,1-6H3. The van der Waals surface area contributed by atoms with Crippen molar-refractivity contribution < 1.29 is 28.5 Å². The molecule has 0 aliphatic carbocycles. The van der Waals surface area contributed by atoms with Crippen LogP contribution >= 0.6 is 0 Å². The number of allylic oxidation sites excluding steroid dienone is 2. The highest BCUT2D eigenvalue weighted by molar-refractivity contribution is 6.00. The topological polar surface area (TPSA) is 63.2 Å². The molecular formula is C18H26O6. The maximum absolute atomic E-state index is 12.1. The summed E-state index contributed by atoms with van der Waals surface area (Å²) in [5, 5.41) is 0. The number of hydrogen-bond acceptors (Lipinski definition) is 6. The molecule has 24 heavy (non-hydrogen) atoms. The Labute approximate surface area is 143 Å². The number of carbonyl (C=O) groups is 1. The maximum Gasteiger partial charge on any atom is 0.188 e. The third-order valence-electron chi connectivity index (χ3n) is 3.25. The van der Waals surface area contributed by atoms with Crippen molar-refractivity contribution in [2.24, 2.45) is 0 Å². The number of Topliss-reactive ketones (excluding diaryl/α,β-unsaturated/α-hetero) is 1. The van der Waals surface area contributed by atoms with Crippen LogP contribution in [0.25, 0.3) is 0 Å². The zero-order chi connectivity index (χ0) is 18.1. The highest BCUT2D eigenvalue weighted by atomic mass is 16.7. The normalized spacial score (nSPS) is 10.2. The first kappa shape index (κ1) is 20.0. The Morgan fingerprint density at radius 3 is 2.12 bits per heavy atom. The molecule has 0 aliphatic heterocycles. The summed E-state index contributed by atoms with van der Waals surface area (Å²) >= 11 is 0. The van der Waals surface area contributed by atoms with Crippen LogP contribution in [0.15, 0.2) is 17.7 Å². The molecule has 0 saturated heterocycles. The Balaban J connectivity index is 3.56. The van der Waals surface area contributed by atoms with Crippen LogP contribution in [0.3, 0.4) is 0 Å². The van der Waals surface area contributed by atoms with Crippen LogP contribution < -0.4 is 14.2 Å². The van der Waals surface area contributed by atoms with Crippen molar-refractivity contribution in [1.29, 1.82) is 0 Å². The molecule has 0 aromatic heterocycles. The van der Waals surface area contributed by atoms with Gasteiger partial charge in [-0.15, -0.1) is 0 Å². The fourth-order valence-electron chi connectivity index (χ4n) is 2.18. The molecule has 0 spiro atoms. The average molecular weight is 338 g/mol. The number of carbonyl (C=O) groups excluding carboxylic acids is 1. The summed E-state index contributed by atoms with van der Waals surface area (Å²) in [5.74, 6) is 1.19. The molecule has 0 amide bonds. The van der Waals surface area contributed by atoms with Crippen LogP contribution in [-0.4, -0.2) is 40.7 Å². The van der Waals surface area contributed by atoms with Gasteiger partial charge in [-0.25, -0.2) is 0 Å². The van der Waals surface area contributed by atoms with Crippen molar-refractivity contribution in [1.82, 2.24) is 0 Å². The number of ketones is 1. The number of hydrogen-bond donors (Lipinski definition) is 0. The Bertz CT molecular complexity index is 588. The van der Waals surface area contributed by atoms with Gasteiger partial charge in [0, 0.05) is 25.8 Å². The van der Waals surface area contributed by atoms with Crippen molar-refractivity contribution in [3.05, 3.63) is 28.8 Å². The molecule has 0 saturated carbocycles. The minimum absolute atomic E-state index is 0.0129. The zero-order valence-corrected chi connectivity index (χ0v) is 15.2. The largest absolute Gasteiger partial charge is 0.496 e. The van der Waals surface area contributed by atoms with Gasteiger partial charge in [-0.1, -0.05) is 11.6 Å². The number of methoxy groups -OCH3 is 3. The molecule has 6 heteroatoms. The van der Waals surface area contributed by atoms with E-state index in [4.69, 9.17) is 23.7 Å². The van der Waals surface area contributed by atoms with E-state index in [0.717, 1.165) is 11.1 Å². The van der Waals surface area contributed by atoms with E-state index < -0.39 is 0 Å². The van der Waals surface area contributed by atoms with Gasteiger partial charge in [0.2, 0.25) is 0 Å². The second kappa shape index (κ2) is 9.95. The van der Waals surface area contributed by atoms with E-state index in [9.17, 15) is 4.79 Å². The summed E-state index contributed by atoms with van der Waals surface area (Å²) in [6.07, 6.45) is 2.58. The van der Waals surface area contributed by atoms with E-state index >= 15 is 0 Å². The zero-order valence-electron chi connectivity index (χ0n) is 15.2. The predicted molar refractivity (Wildman–Crippen MR) is 91.1 cm³/mol. The lowest BCUT2D eigenvalue weighted by Crippen LogP contribution is -2.11. The molecule has 0 radical (unpaired) electrons. The van der Waals surface area contributed by atoms with E-state index in [1.54, 1.807) is 13.2 Å². The summed E-state index contributed by atoms with van der Waals surface area (Å²) in [7, 11) is 4.56. The van der Waals surface area contributed by atoms with Gasteiger partial charge in [0.15, 0.2) is 19.4 Å². The SMILES string of the molecule is COCOc1cc(OC)c(C(C)=O)c(OCOC)c1CC=C(C)C. The van der Waals surface area contributed by atoms with Crippen LogP contribution in [0.2, 0.25) is 0 Å². The summed E-state index contributed by atoms with van der Waals surface area (Å²) < 4.78 is 26.7. The number of rotatable bonds is 10. The monoisotopic (exact) mass is 338 g/mol. The summed E-state index contributed by atoms with van der Waals surface area (Å²) in [6, 6.07) is 1.68. The molecule has 0 unspecified atom stereocenters. The van der Waals surface area contributed by atoms with Gasteiger partial charge in [0.1, 0.15) is 22.8 Å². The van der Waals surface area contributed by atoms with Gasteiger partial charge < -0.3 is 23.7 Å². The fraction of sp³-hybridized carbons (Fsp3) is 0.500. The van der Waals surface area contributed by atoms with Gasteiger partial charge in [0.05, 0.1) is 7.11 Å². The molecule has 0 aliphatic rings. The van der Waals surface area contributed by atoms with E-state index in [1.165, 1.54) is 21.1 Å². The first-order valence-electron chi connectivity index (χ1n) is 7.57. The fourth-order valence-corrected chi connectivity index (χ4v) is 2.18. The minimum atomic E-state index is -0.158. The first-order valence-corrected chi connectivity index (χ1v) is 7.57. The lowest BCUT2D eigenvalue weighted by Gasteiger charge is -2.20. The van der Waals surface area contributed by atoms with Crippen molar-refractivity contribution >= 4 is 5.78 Å². The highest BCUT2D eigenvalue weighted by Gasteiger charge is 2.23. The molecule has 6 nitrogen and oxygen atoms in total. The molecule has 0 fully saturated rings. The third kappa shape index (κ3) is 5.25. The molecule has 0 N–H and O–H groups in total. The average Bonchev–Trinajstić information content (AvgIpc) is 2.55. The summed E-state index contributed by atoms with van der Waals surface area (Å²) in [5.41, 5.74) is 2.26. The van der Waals surface area contributed by atoms with Crippen LogP contribution in [0.5, 0.6) is 17.2 Å². The molecule has 1 rings (SSSR count). The number of benzene rings is 1.